The third-order valence-corrected chi connectivity index (χ3v) is 5.70. The van der Waals surface area contributed by atoms with Gasteiger partial charge in [-0.15, -0.1) is 0 Å². The summed E-state index contributed by atoms with van der Waals surface area (Å²) in [5, 5.41) is 0. The lowest BCUT2D eigenvalue weighted by molar-refractivity contribution is 0.0592. The van der Waals surface area contributed by atoms with Gasteiger partial charge in [0, 0.05) is 61.3 Å². The molecule has 3 heterocycles. The summed E-state index contributed by atoms with van der Waals surface area (Å²) in [7, 11) is 2.83. The summed E-state index contributed by atoms with van der Waals surface area (Å²) in [6.45, 7) is 1.03. The molecule has 0 saturated heterocycles. The van der Waals surface area contributed by atoms with Crippen molar-refractivity contribution in [1.82, 2.24) is 14.5 Å². The Morgan fingerprint density at radius 1 is 1.06 bits per heavy atom. The summed E-state index contributed by atoms with van der Waals surface area (Å²) in [4.78, 5) is 44.5. The van der Waals surface area contributed by atoms with Crippen molar-refractivity contribution in [3.63, 3.8) is 0 Å². The first-order valence-corrected chi connectivity index (χ1v) is 10.8. The number of fused-ring (bicyclic) bond motifs is 1. The van der Waals surface area contributed by atoms with E-state index < -0.39 is 5.97 Å². The number of methoxy groups -OCH3 is 2. The molecule has 0 saturated carbocycles. The lowest BCUT2D eigenvalue weighted by atomic mass is 10.1. The minimum Gasteiger partial charge on any atom is -0.497 e. The second-order valence-electron chi connectivity index (χ2n) is 7.74. The van der Waals surface area contributed by atoms with E-state index in [1.54, 1.807) is 54.7 Å². The Kier molecular flexibility index (Phi) is 6.91. The number of carbonyl (C=O) groups excluding carboxylic acids is 2. The van der Waals surface area contributed by atoms with Crippen molar-refractivity contribution in [1.29, 1.82) is 0 Å². The highest BCUT2D eigenvalue weighted by molar-refractivity contribution is 5.95. The Morgan fingerprint density at radius 3 is 2.65 bits per heavy atom. The van der Waals surface area contributed by atoms with Gasteiger partial charge in [-0.05, 0) is 24.3 Å². The Morgan fingerprint density at radius 2 is 1.91 bits per heavy atom. The smallest absolute Gasteiger partial charge is 0.343 e. The zero-order chi connectivity index (χ0) is 24.1. The van der Waals surface area contributed by atoms with Gasteiger partial charge in [0.1, 0.15) is 23.7 Å². The number of nitrogens with zero attached hydrogens (tertiary/aromatic N) is 3. The van der Waals surface area contributed by atoms with Gasteiger partial charge in [-0.1, -0.05) is 12.1 Å². The fraction of sp³-hybridized carbons (Fsp3) is 0.280. The van der Waals surface area contributed by atoms with Gasteiger partial charge < -0.3 is 23.7 Å². The van der Waals surface area contributed by atoms with Crippen LogP contribution in [0.25, 0.3) is 0 Å². The van der Waals surface area contributed by atoms with Gasteiger partial charge >= 0.3 is 5.97 Å². The highest BCUT2D eigenvalue weighted by Crippen LogP contribution is 2.25. The van der Waals surface area contributed by atoms with Crippen LogP contribution in [0.1, 0.15) is 32.0 Å². The van der Waals surface area contributed by atoms with E-state index in [1.165, 1.54) is 17.7 Å². The van der Waals surface area contributed by atoms with Crippen molar-refractivity contribution in [2.45, 2.75) is 19.6 Å². The first-order chi connectivity index (χ1) is 16.5. The van der Waals surface area contributed by atoms with Crippen LogP contribution in [0.4, 0.5) is 0 Å². The summed E-state index contributed by atoms with van der Waals surface area (Å²) in [5.74, 6) is -0.0342. The second kappa shape index (κ2) is 10.2. The average molecular weight is 463 g/mol. The number of carbonyl (C=O) groups is 2. The normalized spacial score (nSPS) is 12.9. The van der Waals surface area contributed by atoms with Gasteiger partial charge in [-0.2, -0.15) is 0 Å². The number of hydrogen-bond donors (Lipinski definition) is 0. The molecule has 1 aromatic carbocycles. The Labute approximate surface area is 196 Å². The monoisotopic (exact) mass is 463 g/mol. The minimum absolute atomic E-state index is 0.140. The molecule has 0 N–H and O–H groups in total. The van der Waals surface area contributed by atoms with Crippen LogP contribution >= 0.6 is 0 Å². The van der Waals surface area contributed by atoms with Crippen LogP contribution in [0, 0.1) is 0 Å². The zero-order valence-electron chi connectivity index (χ0n) is 19.0. The number of aromatic nitrogens is 2. The molecule has 9 heteroatoms. The Bertz CT molecular complexity index is 1260. The first kappa shape index (κ1) is 23.0. The highest BCUT2D eigenvalue weighted by atomic mass is 16.5. The molecule has 3 aromatic rings. The number of amides is 1. The largest absolute Gasteiger partial charge is 0.497 e. The molecule has 0 radical (unpaired) electrons. The summed E-state index contributed by atoms with van der Waals surface area (Å²) in [6.07, 6.45) is 3.59. The van der Waals surface area contributed by atoms with Crippen LogP contribution in [0.2, 0.25) is 0 Å². The molecule has 9 nitrogen and oxygen atoms in total. The molecule has 0 spiro atoms. The maximum absolute atomic E-state index is 13.1. The molecule has 0 fully saturated rings. The molecule has 0 aliphatic carbocycles. The molecule has 1 amide bonds. The summed E-state index contributed by atoms with van der Waals surface area (Å²) in [6, 6.07) is 11.8. The van der Waals surface area contributed by atoms with E-state index in [4.69, 9.17) is 14.2 Å². The number of ether oxygens (including phenoxy) is 3. The van der Waals surface area contributed by atoms with E-state index in [9.17, 15) is 14.4 Å². The van der Waals surface area contributed by atoms with Crippen molar-refractivity contribution in [3.8, 4) is 11.5 Å². The molecular formula is C25H25N3O6. The second-order valence-corrected chi connectivity index (χ2v) is 7.74. The van der Waals surface area contributed by atoms with E-state index in [2.05, 4.69) is 4.98 Å². The Balaban J connectivity index is 1.63. The molecule has 1 aliphatic rings. The lowest BCUT2D eigenvalue weighted by Gasteiger charge is -2.20. The minimum atomic E-state index is -0.600. The molecule has 0 bridgehead atoms. The van der Waals surface area contributed by atoms with Gasteiger partial charge in [0.2, 0.25) is 0 Å². The molecule has 0 atom stereocenters. The summed E-state index contributed by atoms with van der Waals surface area (Å²) < 4.78 is 17.6. The van der Waals surface area contributed by atoms with Gasteiger partial charge in [-0.3, -0.25) is 14.6 Å². The quantitative estimate of drug-likeness (QED) is 0.517. The highest BCUT2D eigenvalue weighted by Gasteiger charge is 2.28. The molecule has 1 aliphatic heterocycles. The Hall–Kier alpha value is -4.14. The van der Waals surface area contributed by atoms with E-state index >= 15 is 0 Å². The molecule has 4 rings (SSSR count). The number of rotatable bonds is 6. The fourth-order valence-corrected chi connectivity index (χ4v) is 3.97. The topological polar surface area (TPSA) is 100.0 Å². The summed E-state index contributed by atoms with van der Waals surface area (Å²) >= 11 is 0. The van der Waals surface area contributed by atoms with Crippen molar-refractivity contribution in [2.75, 3.05) is 27.3 Å². The van der Waals surface area contributed by atoms with Crippen molar-refractivity contribution >= 4 is 11.9 Å². The summed E-state index contributed by atoms with van der Waals surface area (Å²) in [5.41, 5.74) is 1.66. The SMILES string of the molecule is COC(=O)c1c(OCc2cccnc2)cc(=O)n2c1CCN(C(=O)c1cccc(OC)c1)CC2. The van der Waals surface area contributed by atoms with E-state index in [0.717, 1.165) is 5.56 Å². The van der Waals surface area contributed by atoms with E-state index in [0.29, 0.717) is 36.5 Å². The van der Waals surface area contributed by atoms with Crippen molar-refractivity contribution in [3.05, 3.63) is 87.6 Å². The third-order valence-electron chi connectivity index (χ3n) is 5.70. The molecule has 2 aromatic heterocycles. The van der Waals surface area contributed by atoms with Crippen LogP contribution < -0.4 is 15.0 Å². The maximum Gasteiger partial charge on any atom is 0.343 e. The molecule has 176 valence electrons. The predicted octanol–water partition coefficient (Wildman–Crippen LogP) is 2.32. The van der Waals surface area contributed by atoms with E-state index in [-0.39, 0.29) is 35.9 Å². The van der Waals surface area contributed by atoms with Gasteiger partial charge in [0.15, 0.2) is 0 Å². The van der Waals surface area contributed by atoms with Crippen LogP contribution in [-0.4, -0.2) is 53.6 Å². The van der Waals surface area contributed by atoms with Crippen LogP contribution in [-0.2, 0) is 24.3 Å². The number of benzene rings is 1. The molecule has 0 unspecified atom stereocenters. The lowest BCUT2D eigenvalue weighted by Crippen LogP contribution is -2.34. The maximum atomic E-state index is 13.1. The standard InChI is InChI=1S/C25H25N3O6/c1-32-19-7-3-6-18(13-19)24(30)27-10-8-20-23(25(31)33-2)21(14-22(29)28(20)12-11-27)34-16-17-5-4-9-26-15-17/h3-7,9,13-15H,8,10-12,16H2,1-2H3. The van der Waals surface area contributed by atoms with Gasteiger partial charge in [0.25, 0.3) is 11.5 Å². The average Bonchev–Trinajstić information content (AvgIpc) is 3.11. The van der Waals surface area contributed by atoms with Crippen LogP contribution in [0.15, 0.2) is 59.7 Å². The van der Waals surface area contributed by atoms with Crippen molar-refractivity contribution < 1.29 is 23.8 Å². The predicted molar refractivity (Wildman–Crippen MR) is 123 cm³/mol. The number of esters is 1. The third kappa shape index (κ3) is 4.78. The molecular weight excluding hydrogens is 438 g/mol. The van der Waals surface area contributed by atoms with Crippen molar-refractivity contribution in [2.24, 2.45) is 0 Å². The molecule has 34 heavy (non-hydrogen) atoms. The number of hydrogen-bond acceptors (Lipinski definition) is 7. The van der Waals surface area contributed by atoms with Crippen LogP contribution in [0.5, 0.6) is 11.5 Å². The van der Waals surface area contributed by atoms with Gasteiger partial charge in [-0.25, -0.2) is 4.79 Å². The van der Waals surface area contributed by atoms with Gasteiger partial charge in [0.05, 0.1) is 14.2 Å². The number of pyridine rings is 2. The first-order valence-electron chi connectivity index (χ1n) is 10.8. The van der Waals surface area contributed by atoms with E-state index in [1.807, 2.05) is 6.07 Å². The van der Waals surface area contributed by atoms with Crippen LogP contribution in [0.3, 0.4) is 0 Å². The fourth-order valence-electron chi connectivity index (χ4n) is 3.97. The zero-order valence-corrected chi connectivity index (χ0v) is 19.0.